The zero-order valence-electron chi connectivity index (χ0n) is 13.6. The van der Waals surface area contributed by atoms with Gasteiger partial charge in [-0.05, 0) is 45.4 Å². The molecule has 0 amide bonds. The Morgan fingerprint density at radius 2 is 2.26 bits per heavy atom. The van der Waals surface area contributed by atoms with Crippen molar-refractivity contribution < 1.29 is 5.21 Å². The number of amidine groups is 1. The molecule has 0 saturated carbocycles. The average Bonchev–Trinajstić information content (AvgIpc) is 2.84. The van der Waals surface area contributed by atoms with Gasteiger partial charge in [0, 0.05) is 24.2 Å². The van der Waals surface area contributed by atoms with E-state index in [0.29, 0.717) is 28.6 Å². The van der Waals surface area contributed by atoms with E-state index < -0.39 is 0 Å². The minimum absolute atomic E-state index is 0.0824. The van der Waals surface area contributed by atoms with Crippen molar-refractivity contribution in [1.29, 1.82) is 5.41 Å². The number of nitrogen functional groups attached to an aromatic ring is 1. The summed E-state index contributed by atoms with van der Waals surface area (Å²) in [7, 11) is 0. The molecule has 7 nitrogen and oxygen atoms in total. The minimum Gasteiger partial charge on any atom is -0.425 e. The number of benzene rings is 1. The number of nitrogens with one attached hydrogen (secondary N) is 2. The molecule has 1 aliphatic heterocycles. The Hall–Kier alpha value is -2.28. The standard InChI is InChI=1S/C16H24N6O/c1-10(2)21-8-4-5-11(9-21)19-16-20-13-7-3-6-12(15(17)18)14(13)22(16)23/h3,6-7,10-11,23H,4-5,8-9H2,1-2H3,(H3,17,18)(H,19,20). The van der Waals surface area contributed by atoms with Crippen LogP contribution in [0.1, 0.15) is 32.3 Å². The Kier molecular flexibility index (Phi) is 4.12. The molecular formula is C16H24N6O. The van der Waals surface area contributed by atoms with Crippen LogP contribution in [-0.2, 0) is 0 Å². The lowest BCUT2D eigenvalue weighted by Gasteiger charge is -2.35. The lowest BCUT2D eigenvalue weighted by Crippen LogP contribution is -2.45. The first-order chi connectivity index (χ1) is 11.0. The van der Waals surface area contributed by atoms with E-state index in [-0.39, 0.29) is 11.9 Å². The maximum absolute atomic E-state index is 10.5. The number of rotatable bonds is 4. The highest BCUT2D eigenvalue weighted by molar-refractivity contribution is 6.06. The molecule has 2 heterocycles. The molecule has 1 aromatic carbocycles. The van der Waals surface area contributed by atoms with Gasteiger partial charge in [-0.2, -0.15) is 0 Å². The number of anilines is 1. The van der Waals surface area contributed by atoms with Gasteiger partial charge in [0.1, 0.15) is 11.4 Å². The molecule has 1 fully saturated rings. The van der Waals surface area contributed by atoms with E-state index in [9.17, 15) is 5.21 Å². The molecule has 0 radical (unpaired) electrons. The highest BCUT2D eigenvalue weighted by Crippen LogP contribution is 2.23. The normalized spacial score (nSPS) is 19.3. The Morgan fingerprint density at radius 1 is 1.48 bits per heavy atom. The third-order valence-electron chi connectivity index (χ3n) is 4.46. The fraction of sp³-hybridized carbons (Fsp3) is 0.500. The topological polar surface area (TPSA) is 103 Å². The van der Waals surface area contributed by atoms with Crippen molar-refractivity contribution >= 4 is 22.8 Å². The Labute approximate surface area is 135 Å². The van der Waals surface area contributed by atoms with Crippen LogP contribution >= 0.6 is 0 Å². The zero-order valence-corrected chi connectivity index (χ0v) is 13.6. The van der Waals surface area contributed by atoms with Crippen molar-refractivity contribution in [3.63, 3.8) is 0 Å². The van der Waals surface area contributed by atoms with Crippen LogP contribution in [0.3, 0.4) is 0 Å². The van der Waals surface area contributed by atoms with Gasteiger partial charge in [-0.3, -0.25) is 10.3 Å². The van der Waals surface area contributed by atoms with E-state index in [2.05, 4.69) is 29.0 Å². The number of piperidine rings is 1. The van der Waals surface area contributed by atoms with Gasteiger partial charge in [0.05, 0.1) is 5.52 Å². The molecule has 1 aromatic heterocycles. The van der Waals surface area contributed by atoms with E-state index in [1.54, 1.807) is 18.2 Å². The van der Waals surface area contributed by atoms with E-state index >= 15 is 0 Å². The molecule has 23 heavy (non-hydrogen) atoms. The molecule has 0 spiro atoms. The number of para-hydroxylation sites is 1. The van der Waals surface area contributed by atoms with Gasteiger partial charge >= 0.3 is 0 Å². The summed E-state index contributed by atoms with van der Waals surface area (Å²) in [6.07, 6.45) is 2.17. The Balaban J connectivity index is 1.88. The largest absolute Gasteiger partial charge is 0.425 e. The summed E-state index contributed by atoms with van der Waals surface area (Å²) in [6.45, 7) is 6.44. The van der Waals surface area contributed by atoms with Crippen LogP contribution in [0.25, 0.3) is 11.0 Å². The molecule has 1 atom stereocenters. The van der Waals surface area contributed by atoms with Crippen molar-refractivity contribution in [3.05, 3.63) is 23.8 Å². The summed E-state index contributed by atoms with van der Waals surface area (Å²) in [5, 5.41) is 21.4. The second kappa shape index (κ2) is 6.08. The molecule has 0 bridgehead atoms. The molecule has 3 rings (SSSR count). The molecule has 5 N–H and O–H groups in total. The van der Waals surface area contributed by atoms with Crippen molar-refractivity contribution in [1.82, 2.24) is 14.6 Å². The summed E-state index contributed by atoms with van der Waals surface area (Å²) >= 11 is 0. The lowest BCUT2D eigenvalue weighted by molar-refractivity contribution is 0.170. The second-order valence-electron chi connectivity index (χ2n) is 6.41. The van der Waals surface area contributed by atoms with Crippen molar-refractivity contribution in [2.45, 2.75) is 38.8 Å². The maximum Gasteiger partial charge on any atom is 0.238 e. The molecular weight excluding hydrogens is 292 g/mol. The molecule has 124 valence electrons. The fourth-order valence-corrected chi connectivity index (χ4v) is 3.20. The number of likely N-dealkylation sites (tertiary alicyclic amines) is 1. The van der Waals surface area contributed by atoms with E-state index in [4.69, 9.17) is 11.1 Å². The SMILES string of the molecule is CC(C)N1CCCC(Nc2nc3cccc(C(=N)N)c3n2O)C1. The Morgan fingerprint density at radius 3 is 2.96 bits per heavy atom. The van der Waals surface area contributed by atoms with Crippen molar-refractivity contribution in [2.24, 2.45) is 5.73 Å². The van der Waals surface area contributed by atoms with Crippen LogP contribution in [0, 0.1) is 5.41 Å². The first-order valence-electron chi connectivity index (χ1n) is 8.03. The summed E-state index contributed by atoms with van der Waals surface area (Å²) in [6, 6.07) is 6.06. The highest BCUT2D eigenvalue weighted by atomic mass is 16.5. The third-order valence-corrected chi connectivity index (χ3v) is 4.46. The van der Waals surface area contributed by atoms with Crippen LogP contribution in [0.15, 0.2) is 18.2 Å². The fourth-order valence-electron chi connectivity index (χ4n) is 3.20. The summed E-state index contributed by atoms with van der Waals surface area (Å²) in [5.41, 5.74) is 7.18. The van der Waals surface area contributed by atoms with Gasteiger partial charge in [-0.1, -0.05) is 6.07 Å². The number of nitrogens with zero attached hydrogens (tertiary/aromatic N) is 3. The molecule has 1 unspecified atom stereocenters. The van der Waals surface area contributed by atoms with Crippen LogP contribution in [0.5, 0.6) is 0 Å². The van der Waals surface area contributed by atoms with Crippen molar-refractivity contribution in [2.75, 3.05) is 18.4 Å². The number of hydrogen-bond donors (Lipinski definition) is 4. The minimum atomic E-state index is -0.0824. The van der Waals surface area contributed by atoms with Crippen LogP contribution in [0.2, 0.25) is 0 Å². The molecule has 1 saturated heterocycles. The number of hydrogen-bond acceptors (Lipinski definition) is 5. The number of aromatic nitrogens is 2. The van der Waals surface area contributed by atoms with Crippen LogP contribution in [-0.4, -0.2) is 50.8 Å². The summed E-state index contributed by atoms with van der Waals surface area (Å²) in [4.78, 5) is 6.87. The quantitative estimate of drug-likeness (QED) is 0.391. The van der Waals surface area contributed by atoms with E-state index in [1.807, 2.05) is 0 Å². The van der Waals surface area contributed by atoms with Gasteiger partial charge < -0.3 is 16.3 Å². The van der Waals surface area contributed by atoms with Gasteiger partial charge in [-0.15, -0.1) is 4.73 Å². The summed E-state index contributed by atoms with van der Waals surface area (Å²) in [5.74, 6) is 0.324. The molecule has 7 heteroatoms. The predicted octanol–water partition coefficient (Wildman–Crippen LogP) is 1.84. The Bertz CT molecular complexity index is 723. The number of fused-ring (bicyclic) bond motifs is 1. The molecule has 2 aromatic rings. The first-order valence-corrected chi connectivity index (χ1v) is 8.03. The van der Waals surface area contributed by atoms with Gasteiger partial charge in [0.15, 0.2) is 0 Å². The first kappa shape index (κ1) is 15.6. The third kappa shape index (κ3) is 2.96. The lowest BCUT2D eigenvalue weighted by atomic mass is 10.0. The van der Waals surface area contributed by atoms with E-state index in [0.717, 1.165) is 30.7 Å². The molecule has 1 aliphatic rings. The van der Waals surface area contributed by atoms with Crippen LogP contribution < -0.4 is 11.1 Å². The zero-order chi connectivity index (χ0) is 16.6. The molecule has 0 aliphatic carbocycles. The second-order valence-corrected chi connectivity index (χ2v) is 6.41. The maximum atomic E-state index is 10.5. The number of imidazole rings is 1. The average molecular weight is 316 g/mol. The van der Waals surface area contributed by atoms with Gasteiger partial charge in [0.2, 0.25) is 5.95 Å². The summed E-state index contributed by atoms with van der Waals surface area (Å²) < 4.78 is 1.01. The smallest absolute Gasteiger partial charge is 0.238 e. The van der Waals surface area contributed by atoms with Crippen molar-refractivity contribution in [3.8, 4) is 0 Å². The predicted molar refractivity (Wildman–Crippen MR) is 91.3 cm³/mol. The van der Waals surface area contributed by atoms with Crippen LogP contribution in [0.4, 0.5) is 5.95 Å². The van der Waals surface area contributed by atoms with Gasteiger partial charge in [0.25, 0.3) is 0 Å². The highest BCUT2D eigenvalue weighted by Gasteiger charge is 2.24. The monoisotopic (exact) mass is 316 g/mol. The van der Waals surface area contributed by atoms with Gasteiger partial charge in [-0.25, -0.2) is 4.98 Å². The number of nitrogens with two attached hydrogens (primary N) is 1. The van der Waals surface area contributed by atoms with E-state index in [1.165, 1.54) is 0 Å².